The third kappa shape index (κ3) is 66.5. The molecule has 0 heterocycles. The highest BCUT2D eigenvalue weighted by Crippen LogP contribution is 2.45. The summed E-state index contributed by atoms with van der Waals surface area (Å²) in [5, 5.41) is 10.6. The molecule has 0 aromatic heterocycles. The van der Waals surface area contributed by atoms with Gasteiger partial charge in [-0.2, -0.15) is 0 Å². The van der Waals surface area contributed by atoms with Crippen molar-refractivity contribution in [2.45, 2.75) is 393 Å². The molecule has 3 N–H and O–H groups in total. The van der Waals surface area contributed by atoms with Gasteiger partial charge in [0, 0.05) is 25.7 Å². The maximum Gasteiger partial charge on any atom is 0.472 e. The molecule has 17 nitrogen and oxygen atoms in total. The number of ether oxygens (including phenoxy) is 4. The lowest BCUT2D eigenvalue weighted by Gasteiger charge is -2.21. The quantitative estimate of drug-likeness (QED) is 0.0222. The van der Waals surface area contributed by atoms with Crippen LogP contribution in [0.3, 0.4) is 0 Å². The van der Waals surface area contributed by atoms with Crippen LogP contribution >= 0.6 is 15.6 Å². The molecular formula is C72H140O17P2. The van der Waals surface area contributed by atoms with Crippen molar-refractivity contribution in [1.29, 1.82) is 0 Å². The van der Waals surface area contributed by atoms with Gasteiger partial charge in [-0.1, -0.05) is 324 Å². The number of rotatable bonds is 72. The Morgan fingerprint density at radius 3 is 0.747 bits per heavy atom. The van der Waals surface area contributed by atoms with Crippen LogP contribution in [0.15, 0.2) is 0 Å². The first-order valence-electron chi connectivity index (χ1n) is 37.6. The molecule has 0 aromatic carbocycles. The predicted octanol–water partition coefficient (Wildman–Crippen LogP) is 20.9. The van der Waals surface area contributed by atoms with Crippen molar-refractivity contribution in [3.8, 4) is 0 Å². The molecule has 0 bridgehead atoms. The maximum absolute atomic E-state index is 13.1. The summed E-state index contributed by atoms with van der Waals surface area (Å²) in [6.45, 7) is 7.24. The van der Waals surface area contributed by atoms with E-state index in [9.17, 15) is 43.2 Å². The van der Waals surface area contributed by atoms with Crippen molar-refractivity contribution in [2.75, 3.05) is 39.6 Å². The van der Waals surface area contributed by atoms with Crippen LogP contribution in [0.25, 0.3) is 0 Å². The zero-order valence-corrected chi connectivity index (χ0v) is 60.8. The highest BCUT2D eigenvalue weighted by atomic mass is 31.2. The summed E-state index contributed by atoms with van der Waals surface area (Å²) in [5.41, 5.74) is 0. The predicted molar refractivity (Wildman–Crippen MR) is 368 cm³/mol. The van der Waals surface area contributed by atoms with Gasteiger partial charge in [-0.15, -0.1) is 0 Å². The third-order valence-electron chi connectivity index (χ3n) is 16.8. The smallest absolute Gasteiger partial charge is 0.462 e. The Balaban J connectivity index is 5.14. The summed E-state index contributed by atoms with van der Waals surface area (Å²) in [7, 11) is -9.89. The first-order valence-corrected chi connectivity index (χ1v) is 40.6. The average Bonchev–Trinajstić information content (AvgIpc) is 3.69. The Bertz CT molecular complexity index is 1750. The van der Waals surface area contributed by atoms with Crippen LogP contribution < -0.4 is 0 Å². The monoisotopic (exact) mass is 1340 g/mol. The van der Waals surface area contributed by atoms with Crippen LogP contribution in [0.4, 0.5) is 0 Å². The number of unbranched alkanes of at least 4 members (excludes halogenated alkanes) is 44. The highest BCUT2D eigenvalue weighted by molar-refractivity contribution is 7.47. The average molecular weight is 1340 g/mol. The van der Waals surface area contributed by atoms with Crippen LogP contribution in [-0.2, 0) is 65.4 Å². The molecule has 91 heavy (non-hydrogen) atoms. The second-order valence-electron chi connectivity index (χ2n) is 26.5. The van der Waals surface area contributed by atoms with E-state index in [1.165, 1.54) is 186 Å². The second kappa shape index (κ2) is 65.4. The van der Waals surface area contributed by atoms with E-state index in [1.807, 2.05) is 0 Å². The van der Waals surface area contributed by atoms with Gasteiger partial charge in [-0.05, 0) is 31.6 Å². The zero-order chi connectivity index (χ0) is 67.0. The molecule has 0 fully saturated rings. The summed E-state index contributed by atoms with van der Waals surface area (Å²) < 4.78 is 68.2. The molecular weight excluding hydrogens is 1200 g/mol. The van der Waals surface area contributed by atoms with E-state index in [0.29, 0.717) is 25.7 Å². The molecule has 0 radical (unpaired) electrons. The fraction of sp³-hybridized carbons (Fsp3) is 0.944. The van der Waals surface area contributed by atoms with Gasteiger partial charge in [0.1, 0.15) is 19.3 Å². The van der Waals surface area contributed by atoms with E-state index < -0.39 is 97.5 Å². The molecule has 0 aliphatic rings. The minimum absolute atomic E-state index is 0.106. The van der Waals surface area contributed by atoms with E-state index in [-0.39, 0.29) is 25.7 Å². The summed E-state index contributed by atoms with van der Waals surface area (Å²) in [6, 6.07) is 0. The van der Waals surface area contributed by atoms with Crippen molar-refractivity contribution in [2.24, 2.45) is 5.92 Å². The van der Waals surface area contributed by atoms with Crippen LogP contribution in [0.5, 0.6) is 0 Å². The Hall–Kier alpha value is -1.94. The Morgan fingerprint density at radius 2 is 0.505 bits per heavy atom. The number of phosphoric ester groups is 2. The third-order valence-corrected chi connectivity index (χ3v) is 18.7. The normalized spacial score (nSPS) is 14.0. The minimum atomic E-state index is -4.95. The number of hydrogen-bond donors (Lipinski definition) is 3. The largest absolute Gasteiger partial charge is 0.472 e. The molecule has 0 saturated carbocycles. The van der Waals surface area contributed by atoms with Gasteiger partial charge in [-0.3, -0.25) is 37.3 Å². The number of carbonyl (C=O) groups excluding carboxylic acids is 4. The molecule has 2 unspecified atom stereocenters. The number of esters is 4. The van der Waals surface area contributed by atoms with Crippen molar-refractivity contribution in [3.05, 3.63) is 0 Å². The van der Waals surface area contributed by atoms with E-state index in [2.05, 4.69) is 34.6 Å². The van der Waals surface area contributed by atoms with E-state index in [4.69, 9.17) is 37.0 Å². The van der Waals surface area contributed by atoms with Gasteiger partial charge >= 0.3 is 39.5 Å². The minimum Gasteiger partial charge on any atom is -0.462 e. The van der Waals surface area contributed by atoms with Gasteiger partial charge in [0.2, 0.25) is 0 Å². The van der Waals surface area contributed by atoms with E-state index in [0.717, 1.165) is 109 Å². The SMILES string of the molecule is CCCCCCCCCCCCCCCCC(=O)OC[C@H](COP(=O)(O)OC[C@@H](O)COP(=O)(O)OC[C@@H](COC(=O)CCCCCCCCC)OC(=O)CCCCCCCCCCC)OC(=O)CCCCCCCCCCCCCCCCCCCCC(C)C. The molecule has 19 heteroatoms. The molecule has 0 aliphatic heterocycles. The first-order chi connectivity index (χ1) is 44.0. The fourth-order valence-electron chi connectivity index (χ4n) is 11.0. The molecule has 0 saturated heterocycles. The Kier molecular flexibility index (Phi) is 64.0. The van der Waals surface area contributed by atoms with Crippen molar-refractivity contribution < 1.29 is 80.2 Å². The van der Waals surface area contributed by atoms with Crippen LogP contribution in [0, 0.1) is 5.92 Å². The zero-order valence-electron chi connectivity index (χ0n) is 59.0. The van der Waals surface area contributed by atoms with Crippen molar-refractivity contribution in [3.63, 3.8) is 0 Å². The van der Waals surface area contributed by atoms with Crippen molar-refractivity contribution >= 4 is 39.5 Å². The molecule has 0 rings (SSSR count). The summed E-state index contributed by atoms with van der Waals surface area (Å²) in [4.78, 5) is 72.4. The lowest BCUT2D eigenvalue weighted by molar-refractivity contribution is -0.161. The summed E-state index contributed by atoms with van der Waals surface area (Å²) in [5.74, 6) is -1.30. The van der Waals surface area contributed by atoms with Gasteiger partial charge in [0.05, 0.1) is 26.4 Å². The number of aliphatic hydroxyl groups excluding tert-OH is 1. The standard InChI is InChI=1S/C72H140O17P2/c1-6-9-12-15-18-20-21-22-30-33-37-41-46-51-56-70(75)83-62-68(89-72(77)58-53-48-43-38-34-31-28-26-24-23-25-27-29-32-36-40-44-49-54-65(4)5)64-87-91(80,81)85-60-66(73)59-84-90(78,79)86-63-67(61-82-69(74)55-50-45-39-17-14-11-8-3)88-71(76)57-52-47-42-35-19-16-13-10-7-2/h65-68,73H,6-64H2,1-5H3,(H,78,79)(H,80,81)/t66-,67+,68+/m0/s1. The molecule has 0 amide bonds. The maximum atomic E-state index is 13.1. The summed E-state index contributed by atoms with van der Waals surface area (Å²) >= 11 is 0. The van der Waals surface area contributed by atoms with Gasteiger partial charge in [0.25, 0.3) is 0 Å². The van der Waals surface area contributed by atoms with Gasteiger partial charge in [0.15, 0.2) is 12.2 Å². The Morgan fingerprint density at radius 1 is 0.297 bits per heavy atom. The highest BCUT2D eigenvalue weighted by Gasteiger charge is 2.30. The number of aliphatic hydroxyl groups is 1. The number of carbonyl (C=O) groups is 4. The van der Waals surface area contributed by atoms with Gasteiger partial charge < -0.3 is 33.8 Å². The lowest BCUT2D eigenvalue weighted by atomic mass is 10.0. The molecule has 540 valence electrons. The molecule has 0 aromatic rings. The van der Waals surface area contributed by atoms with Crippen LogP contribution in [0.1, 0.15) is 375 Å². The van der Waals surface area contributed by atoms with E-state index in [1.54, 1.807) is 0 Å². The first kappa shape index (κ1) is 89.1. The van der Waals surface area contributed by atoms with Crippen LogP contribution in [0.2, 0.25) is 0 Å². The van der Waals surface area contributed by atoms with Crippen molar-refractivity contribution in [1.82, 2.24) is 0 Å². The molecule has 0 aliphatic carbocycles. The van der Waals surface area contributed by atoms with Crippen LogP contribution in [-0.4, -0.2) is 96.7 Å². The topological polar surface area (TPSA) is 237 Å². The molecule has 0 spiro atoms. The second-order valence-corrected chi connectivity index (χ2v) is 29.4. The summed E-state index contributed by atoms with van der Waals surface area (Å²) in [6.07, 6.45) is 52.9. The number of hydrogen-bond acceptors (Lipinski definition) is 15. The number of phosphoric acid groups is 2. The van der Waals surface area contributed by atoms with E-state index >= 15 is 0 Å². The van der Waals surface area contributed by atoms with Gasteiger partial charge in [-0.25, -0.2) is 9.13 Å². The Labute approximate surface area is 556 Å². The lowest BCUT2D eigenvalue weighted by Crippen LogP contribution is -2.30. The molecule has 5 atom stereocenters. The fourth-order valence-corrected chi connectivity index (χ4v) is 12.6.